The zero-order chi connectivity index (χ0) is 14.0. The predicted molar refractivity (Wildman–Crippen MR) is 78.6 cm³/mol. The van der Waals surface area contributed by atoms with E-state index in [2.05, 4.69) is 5.10 Å². The first-order valence-electron chi connectivity index (χ1n) is 5.96. The Morgan fingerprint density at radius 1 is 1.42 bits per heavy atom. The van der Waals surface area contributed by atoms with E-state index in [0.717, 1.165) is 17.8 Å². The van der Waals surface area contributed by atoms with Crippen molar-refractivity contribution in [3.8, 4) is 0 Å². The van der Waals surface area contributed by atoms with E-state index in [1.54, 1.807) is 22.9 Å². The highest BCUT2D eigenvalue weighted by Crippen LogP contribution is 2.23. The smallest absolute Gasteiger partial charge is 0.0703 e. The zero-order valence-corrected chi connectivity index (χ0v) is 12.5. The van der Waals surface area contributed by atoms with Crippen molar-refractivity contribution in [2.45, 2.75) is 24.0 Å². The van der Waals surface area contributed by atoms with Crippen LogP contribution in [0.4, 0.5) is 5.69 Å². The van der Waals surface area contributed by atoms with Gasteiger partial charge in [-0.2, -0.15) is 5.10 Å². The second-order valence-corrected chi connectivity index (χ2v) is 6.13. The van der Waals surface area contributed by atoms with Crippen LogP contribution in [-0.2, 0) is 30.0 Å². The van der Waals surface area contributed by atoms with Crippen molar-refractivity contribution in [3.63, 3.8) is 0 Å². The number of rotatable bonds is 4. The fraction of sp³-hybridized carbons (Fsp3) is 0.308. The molecule has 0 saturated carbocycles. The van der Waals surface area contributed by atoms with Gasteiger partial charge in [0.1, 0.15) is 0 Å². The van der Waals surface area contributed by atoms with Gasteiger partial charge in [-0.1, -0.05) is 18.5 Å². The molecule has 2 N–H and O–H groups in total. The number of aromatic nitrogens is 2. The third-order valence-electron chi connectivity index (χ3n) is 2.89. The summed E-state index contributed by atoms with van der Waals surface area (Å²) in [6, 6.07) is 7.00. The Bertz CT molecular complexity index is 624. The monoisotopic (exact) mass is 297 g/mol. The molecule has 2 rings (SSSR count). The van der Waals surface area contributed by atoms with Crippen LogP contribution in [0.15, 0.2) is 29.2 Å². The van der Waals surface area contributed by atoms with Crippen molar-refractivity contribution in [1.82, 2.24) is 9.78 Å². The molecule has 2 aromatic rings. The molecule has 6 heteroatoms. The lowest BCUT2D eigenvalue weighted by Gasteiger charge is -2.06. The molecular weight excluding hydrogens is 282 g/mol. The standard InChI is InChI=1S/C13H16ClN3OS/c1-3-10-7-11(17(2)16-10)8-19(18)13-6-9(14)4-5-12(13)15/h4-7H,3,8,15H2,1-2H3. The van der Waals surface area contributed by atoms with E-state index < -0.39 is 10.8 Å². The molecule has 1 unspecified atom stereocenters. The van der Waals surface area contributed by atoms with E-state index in [1.807, 2.05) is 20.0 Å². The van der Waals surface area contributed by atoms with Crippen molar-refractivity contribution in [2.24, 2.45) is 7.05 Å². The van der Waals surface area contributed by atoms with Crippen LogP contribution >= 0.6 is 11.6 Å². The number of nitrogens with zero attached hydrogens (tertiary/aromatic N) is 2. The second-order valence-electron chi connectivity index (χ2n) is 4.28. The molecule has 1 atom stereocenters. The van der Waals surface area contributed by atoms with Crippen LogP contribution in [0.1, 0.15) is 18.3 Å². The topological polar surface area (TPSA) is 60.9 Å². The van der Waals surface area contributed by atoms with Crippen LogP contribution in [0.2, 0.25) is 5.02 Å². The molecule has 0 bridgehead atoms. The number of nitrogens with two attached hydrogens (primary N) is 1. The Balaban J connectivity index is 2.25. The maximum atomic E-state index is 12.4. The molecule has 0 aliphatic carbocycles. The average molecular weight is 298 g/mol. The van der Waals surface area contributed by atoms with Crippen LogP contribution < -0.4 is 5.73 Å². The summed E-state index contributed by atoms with van der Waals surface area (Å²) in [6.07, 6.45) is 0.861. The lowest BCUT2D eigenvalue weighted by Crippen LogP contribution is -2.05. The Labute approximate surface area is 120 Å². The molecule has 1 aromatic heterocycles. The molecule has 1 heterocycles. The van der Waals surface area contributed by atoms with Crippen molar-refractivity contribution in [2.75, 3.05) is 5.73 Å². The fourth-order valence-corrected chi connectivity index (χ4v) is 3.32. The normalized spacial score (nSPS) is 12.6. The Morgan fingerprint density at radius 2 is 2.16 bits per heavy atom. The molecule has 1 aromatic carbocycles. The van der Waals surface area contributed by atoms with E-state index in [1.165, 1.54) is 0 Å². The predicted octanol–water partition coefficient (Wildman–Crippen LogP) is 2.53. The van der Waals surface area contributed by atoms with E-state index >= 15 is 0 Å². The number of hydrogen-bond acceptors (Lipinski definition) is 3. The molecule has 0 spiro atoms. The van der Waals surface area contributed by atoms with Gasteiger partial charge in [-0.15, -0.1) is 0 Å². The zero-order valence-electron chi connectivity index (χ0n) is 10.9. The van der Waals surface area contributed by atoms with E-state index in [-0.39, 0.29) is 0 Å². The number of hydrogen-bond donors (Lipinski definition) is 1. The van der Waals surface area contributed by atoms with E-state index in [9.17, 15) is 4.21 Å². The number of nitrogen functional groups attached to an aromatic ring is 1. The summed E-state index contributed by atoms with van der Waals surface area (Å²) in [5.41, 5.74) is 8.26. The summed E-state index contributed by atoms with van der Waals surface area (Å²) in [6.45, 7) is 2.04. The number of halogens is 1. The minimum Gasteiger partial charge on any atom is -0.398 e. The van der Waals surface area contributed by atoms with Crippen molar-refractivity contribution in [1.29, 1.82) is 0 Å². The van der Waals surface area contributed by atoms with Gasteiger partial charge in [0.2, 0.25) is 0 Å². The molecule has 0 aliphatic heterocycles. The van der Waals surface area contributed by atoms with Gasteiger partial charge in [-0.25, -0.2) is 0 Å². The summed E-state index contributed by atoms with van der Waals surface area (Å²) in [4.78, 5) is 0.576. The van der Waals surface area contributed by atoms with E-state index in [0.29, 0.717) is 21.4 Å². The Morgan fingerprint density at radius 3 is 2.79 bits per heavy atom. The molecule has 0 amide bonds. The molecule has 0 saturated heterocycles. The van der Waals surface area contributed by atoms with Gasteiger partial charge in [-0.3, -0.25) is 8.89 Å². The molecule has 4 nitrogen and oxygen atoms in total. The van der Waals surface area contributed by atoms with Gasteiger partial charge in [-0.05, 0) is 30.7 Å². The first kappa shape index (κ1) is 14.1. The lowest BCUT2D eigenvalue weighted by atomic mass is 10.3. The molecule has 0 radical (unpaired) electrons. The van der Waals surface area contributed by atoms with Crippen molar-refractivity contribution < 1.29 is 4.21 Å². The summed E-state index contributed by atoms with van der Waals surface area (Å²) >= 11 is 5.91. The fourth-order valence-electron chi connectivity index (χ4n) is 1.80. The number of aryl methyl sites for hydroxylation is 2. The highest BCUT2D eigenvalue weighted by atomic mass is 35.5. The highest BCUT2D eigenvalue weighted by Gasteiger charge is 2.13. The second kappa shape index (κ2) is 5.75. The van der Waals surface area contributed by atoms with Crippen LogP contribution in [0.3, 0.4) is 0 Å². The minimum atomic E-state index is -1.23. The molecule has 102 valence electrons. The maximum Gasteiger partial charge on any atom is 0.0703 e. The largest absolute Gasteiger partial charge is 0.398 e. The first-order valence-corrected chi connectivity index (χ1v) is 7.66. The van der Waals surface area contributed by atoms with Crippen LogP contribution in [-0.4, -0.2) is 14.0 Å². The van der Waals surface area contributed by atoms with Crippen LogP contribution in [0, 0.1) is 0 Å². The van der Waals surface area contributed by atoms with Gasteiger partial charge in [0, 0.05) is 17.8 Å². The van der Waals surface area contributed by atoms with E-state index in [4.69, 9.17) is 17.3 Å². The first-order chi connectivity index (χ1) is 9.01. The molecular formula is C13H16ClN3OS. The van der Waals surface area contributed by atoms with Gasteiger partial charge in [0.05, 0.1) is 32.8 Å². The van der Waals surface area contributed by atoms with Crippen LogP contribution in [0.25, 0.3) is 0 Å². The third kappa shape index (κ3) is 3.16. The third-order valence-corrected chi connectivity index (χ3v) is 4.53. The van der Waals surface area contributed by atoms with Crippen LogP contribution in [0.5, 0.6) is 0 Å². The summed E-state index contributed by atoms with van der Waals surface area (Å²) in [7, 11) is 0.629. The molecule has 0 fully saturated rings. The maximum absolute atomic E-state index is 12.4. The summed E-state index contributed by atoms with van der Waals surface area (Å²) in [5.74, 6) is 0.383. The van der Waals surface area contributed by atoms with Gasteiger partial charge >= 0.3 is 0 Å². The summed E-state index contributed by atoms with van der Waals surface area (Å²) in [5, 5.41) is 4.88. The lowest BCUT2D eigenvalue weighted by molar-refractivity contribution is 0.675. The SMILES string of the molecule is CCc1cc(CS(=O)c2cc(Cl)ccc2N)n(C)n1. The summed E-state index contributed by atoms with van der Waals surface area (Å²) < 4.78 is 14.1. The number of benzene rings is 1. The molecule has 19 heavy (non-hydrogen) atoms. The van der Waals surface area contributed by atoms with Crippen molar-refractivity contribution in [3.05, 3.63) is 40.7 Å². The molecule has 0 aliphatic rings. The van der Waals surface area contributed by atoms with Gasteiger partial charge < -0.3 is 5.73 Å². The quantitative estimate of drug-likeness (QED) is 0.882. The number of anilines is 1. The minimum absolute atomic E-state index is 0.383. The van der Waals surface area contributed by atoms with Gasteiger partial charge in [0.25, 0.3) is 0 Å². The average Bonchev–Trinajstić information content (AvgIpc) is 2.73. The highest BCUT2D eigenvalue weighted by molar-refractivity contribution is 7.84. The van der Waals surface area contributed by atoms with Gasteiger partial charge in [0.15, 0.2) is 0 Å². The van der Waals surface area contributed by atoms with Crippen molar-refractivity contribution >= 4 is 28.1 Å². The Hall–Kier alpha value is -1.33. The Kier molecular flexibility index (Phi) is 4.27.